The minimum Gasteiger partial charge on any atom is -0.321 e. The van der Waals surface area contributed by atoms with Crippen molar-refractivity contribution in [3.8, 4) is 28.5 Å². The van der Waals surface area contributed by atoms with Gasteiger partial charge in [-0.05, 0) is 42.0 Å². The molecule has 3 N–H and O–H groups in total. The molecule has 0 unspecified atom stereocenters. The van der Waals surface area contributed by atoms with Crippen LogP contribution in [-0.4, -0.2) is 11.0 Å². The maximum Gasteiger partial charge on any atom is 0.323 e. The second-order valence-electron chi connectivity index (χ2n) is 7.04. The van der Waals surface area contributed by atoms with Gasteiger partial charge in [0, 0.05) is 28.2 Å². The standard InChI is InChI=1S/C25H16Cl2N4O2/c26-21-8-4-7-18(23(21)27)19-13-22(31-24(32)20(19)14-28)15-9-11-17(12-10-15)30-25(33)29-16-5-2-1-3-6-16/h1-13H,(H,31,32)(H2,29,30,33). The second-order valence-corrected chi connectivity index (χ2v) is 7.82. The molecule has 1 aromatic heterocycles. The fraction of sp³-hybridized carbons (Fsp3) is 0. The number of aromatic nitrogens is 1. The van der Waals surface area contributed by atoms with E-state index >= 15 is 0 Å². The SMILES string of the molecule is N#Cc1c(-c2cccc(Cl)c2Cl)cc(-c2ccc(NC(=O)Nc3ccccc3)cc2)[nH]c1=O. The van der Waals surface area contributed by atoms with Gasteiger partial charge < -0.3 is 15.6 Å². The number of nitriles is 1. The lowest BCUT2D eigenvalue weighted by atomic mass is 9.99. The van der Waals surface area contributed by atoms with Crippen molar-refractivity contribution in [3.63, 3.8) is 0 Å². The maximum absolute atomic E-state index is 12.6. The number of anilines is 2. The molecule has 0 aliphatic carbocycles. The van der Waals surface area contributed by atoms with Gasteiger partial charge in [-0.15, -0.1) is 0 Å². The molecule has 2 amide bonds. The van der Waals surface area contributed by atoms with Crippen molar-refractivity contribution < 1.29 is 4.79 Å². The number of hydrogen-bond donors (Lipinski definition) is 3. The number of carbonyl (C=O) groups excluding carboxylic acids is 1. The number of pyridine rings is 1. The molecule has 0 aliphatic rings. The molecule has 0 saturated heterocycles. The van der Waals surface area contributed by atoms with Crippen molar-refractivity contribution in [1.29, 1.82) is 5.26 Å². The Balaban J connectivity index is 1.62. The first kappa shape index (κ1) is 22.2. The van der Waals surface area contributed by atoms with Gasteiger partial charge in [0.25, 0.3) is 5.56 Å². The Labute approximate surface area is 199 Å². The number of para-hydroxylation sites is 1. The first-order valence-electron chi connectivity index (χ1n) is 9.81. The third kappa shape index (κ3) is 4.90. The van der Waals surface area contributed by atoms with Crippen LogP contribution in [0.5, 0.6) is 0 Å². The average molecular weight is 475 g/mol. The van der Waals surface area contributed by atoms with Crippen LogP contribution >= 0.6 is 23.2 Å². The van der Waals surface area contributed by atoms with Gasteiger partial charge in [0.15, 0.2) is 0 Å². The summed E-state index contributed by atoms with van der Waals surface area (Å²) >= 11 is 12.5. The van der Waals surface area contributed by atoms with Crippen LogP contribution in [0.1, 0.15) is 5.56 Å². The minimum atomic E-state index is -0.537. The van der Waals surface area contributed by atoms with Gasteiger partial charge >= 0.3 is 6.03 Å². The molecule has 33 heavy (non-hydrogen) atoms. The number of H-pyrrole nitrogens is 1. The quantitative estimate of drug-likeness (QED) is 0.313. The molecule has 8 heteroatoms. The lowest BCUT2D eigenvalue weighted by Gasteiger charge is -2.11. The fourth-order valence-electron chi connectivity index (χ4n) is 3.30. The summed E-state index contributed by atoms with van der Waals surface area (Å²) in [4.78, 5) is 27.5. The Morgan fingerprint density at radius 3 is 2.18 bits per heavy atom. The van der Waals surface area contributed by atoms with Crippen molar-refractivity contribution in [1.82, 2.24) is 4.98 Å². The number of hydrogen-bond acceptors (Lipinski definition) is 3. The smallest absolute Gasteiger partial charge is 0.321 e. The van der Waals surface area contributed by atoms with E-state index in [0.717, 1.165) is 0 Å². The molecule has 0 saturated carbocycles. The number of nitrogens with zero attached hydrogens (tertiary/aromatic N) is 1. The first-order chi connectivity index (χ1) is 16.0. The molecule has 4 aromatic rings. The maximum atomic E-state index is 12.6. The molecule has 0 fully saturated rings. The predicted octanol–water partition coefficient (Wildman–Crippen LogP) is 6.53. The number of halogens is 2. The van der Waals surface area contributed by atoms with Crippen LogP contribution in [0.2, 0.25) is 10.0 Å². The lowest BCUT2D eigenvalue weighted by molar-refractivity contribution is 0.262. The molecular formula is C25H16Cl2N4O2. The monoisotopic (exact) mass is 474 g/mol. The van der Waals surface area contributed by atoms with E-state index in [-0.39, 0.29) is 16.6 Å². The highest BCUT2D eigenvalue weighted by Gasteiger charge is 2.16. The van der Waals surface area contributed by atoms with Gasteiger partial charge in [-0.1, -0.05) is 65.7 Å². The van der Waals surface area contributed by atoms with Gasteiger partial charge in [0.2, 0.25) is 0 Å². The van der Waals surface area contributed by atoms with Crippen LogP contribution in [0.25, 0.3) is 22.4 Å². The number of urea groups is 1. The van der Waals surface area contributed by atoms with Crippen molar-refractivity contribution in [2.45, 2.75) is 0 Å². The molecule has 1 heterocycles. The summed E-state index contributed by atoms with van der Waals surface area (Å²) in [5.41, 5.74) is 2.70. The van der Waals surface area contributed by atoms with Gasteiger partial charge in [0.05, 0.1) is 10.0 Å². The van der Waals surface area contributed by atoms with E-state index in [1.54, 1.807) is 60.7 Å². The van der Waals surface area contributed by atoms with E-state index < -0.39 is 5.56 Å². The van der Waals surface area contributed by atoms with Crippen LogP contribution in [-0.2, 0) is 0 Å². The summed E-state index contributed by atoms with van der Waals surface area (Å²) in [6, 6.07) is 24.3. The largest absolute Gasteiger partial charge is 0.323 e. The molecule has 0 bridgehead atoms. The number of aromatic amines is 1. The molecular weight excluding hydrogens is 459 g/mol. The highest BCUT2D eigenvalue weighted by atomic mass is 35.5. The average Bonchev–Trinajstić information content (AvgIpc) is 2.81. The molecule has 6 nitrogen and oxygen atoms in total. The molecule has 3 aromatic carbocycles. The molecule has 0 radical (unpaired) electrons. The van der Waals surface area contributed by atoms with Crippen LogP contribution in [0.4, 0.5) is 16.2 Å². The zero-order valence-corrected chi connectivity index (χ0v) is 18.5. The summed E-state index contributed by atoms with van der Waals surface area (Å²) in [7, 11) is 0. The van der Waals surface area contributed by atoms with Crippen LogP contribution < -0.4 is 16.2 Å². The van der Waals surface area contributed by atoms with Gasteiger partial charge in [-0.25, -0.2) is 4.79 Å². The third-order valence-electron chi connectivity index (χ3n) is 4.87. The summed E-state index contributed by atoms with van der Waals surface area (Å²) in [6.45, 7) is 0. The van der Waals surface area contributed by atoms with E-state index in [1.165, 1.54) is 0 Å². The summed E-state index contributed by atoms with van der Waals surface area (Å²) in [5.74, 6) is 0. The van der Waals surface area contributed by atoms with Crippen molar-refractivity contribution in [3.05, 3.63) is 105 Å². The zero-order valence-electron chi connectivity index (χ0n) is 17.0. The summed E-state index contributed by atoms with van der Waals surface area (Å²) in [5, 5.41) is 15.6. The van der Waals surface area contributed by atoms with Crippen molar-refractivity contribution >= 4 is 40.6 Å². The van der Waals surface area contributed by atoms with Crippen molar-refractivity contribution in [2.75, 3.05) is 10.6 Å². The van der Waals surface area contributed by atoms with Gasteiger partial charge in [0.1, 0.15) is 11.6 Å². The summed E-state index contributed by atoms with van der Waals surface area (Å²) in [6.07, 6.45) is 0. The Morgan fingerprint density at radius 1 is 0.848 bits per heavy atom. The van der Waals surface area contributed by atoms with E-state index in [4.69, 9.17) is 23.2 Å². The van der Waals surface area contributed by atoms with Gasteiger partial charge in [-0.2, -0.15) is 5.26 Å². The number of benzene rings is 3. The Kier molecular flexibility index (Phi) is 6.45. The Morgan fingerprint density at radius 2 is 1.52 bits per heavy atom. The number of amides is 2. The number of carbonyl (C=O) groups is 1. The molecule has 4 rings (SSSR count). The second kappa shape index (κ2) is 9.61. The predicted molar refractivity (Wildman–Crippen MR) is 132 cm³/mol. The van der Waals surface area contributed by atoms with E-state index in [9.17, 15) is 14.9 Å². The molecule has 0 atom stereocenters. The normalized spacial score (nSPS) is 10.3. The lowest BCUT2D eigenvalue weighted by Crippen LogP contribution is -2.19. The van der Waals surface area contributed by atoms with E-state index in [0.29, 0.717) is 38.8 Å². The van der Waals surface area contributed by atoms with E-state index in [1.807, 2.05) is 24.3 Å². The molecule has 162 valence electrons. The first-order valence-corrected chi connectivity index (χ1v) is 10.6. The number of rotatable bonds is 4. The third-order valence-corrected chi connectivity index (χ3v) is 5.69. The molecule has 0 aliphatic heterocycles. The van der Waals surface area contributed by atoms with Crippen LogP contribution in [0.3, 0.4) is 0 Å². The highest BCUT2D eigenvalue weighted by molar-refractivity contribution is 6.43. The minimum absolute atomic E-state index is 0.0567. The van der Waals surface area contributed by atoms with Crippen LogP contribution in [0.15, 0.2) is 83.7 Å². The number of nitrogens with one attached hydrogen (secondary N) is 3. The zero-order chi connectivity index (χ0) is 23.4. The summed E-state index contributed by atoms with van der Waals surface area (Å²) < 4.78 is 0. The van der Waals surface area contributed by atoms with Gasteiger partial charge in [-0.3, -0.25) is 4.79 Å². The Hall–Kier alpha value is -4.05. The Bertz CT molecular complexity index is 1430. The highest BCUT2D eigenvalue weighted by Crippen LogP contribution is 2.35. The topological polar surface area (TPSA) is 97.8 Å². The fourth-order valence-corrected chi connectivity index (χ4v) is 3.70. The molecule has 0 spiro atoms. The van der Waals surface area contributed by atoms with E-state index in [2.05, 4.69) is 15.6 Å². The van der Waals surface area contributed by atoms with Crippen LogP contribution in [0, 0.1) is 11.3 Å². The van der Waals surface area contributed by atoms with Crippen molar-refractivity contribution in [2.24, 2.45) is 0 Å².